The van der Waals surface area contributed by atoms with Gasteiger partial charge in [0.2, 0.25) is 5.91 Å². The van der Waals surface area contributed by atoms with Gasteiger partial charge in [0.15, 0.2) is 0 Å². The van der Waals surface area contributed by atoms with Gasteiger partial charge in [-0.3, -0.25) is 20.0 Å². The second-order valence-electron chi connectivity index (χ2n) is 5.67. The number of nitrogens with zero attached hydrogens (tertiary/aromatic N) is 3. The molecule has 0 bridgehead atoms. The molecule has 140 valence electrons. The van der Waals surface area contributed by atoms with Gasteiger partial charge in [0, 0.05) is 32.6 Å². The minimum absolute atomic E-state index is 0.116. The maximum absolute atomic E-state index is 12.5. The van der Waals surface area contributed by atoms with Gasteiger partial charge in [0.05, 0.1) is 12.8 Å². The minimum Gasteiger partial charge on any atom is -0.383 e. The lowest BCUT2D eigenvalue weighted by Gasteiger charge is -2.30. The molecule has 0 saturated carbocycles. The molecule has 8 heteroatoms. The van der Waals surface area contributed by atoms with Gasteiger partial charge >= 0.3 is 0 Å². The van der Waals surface area contributed by atoms with Crippen LogP contribution in [-0.4, -0.2) is 59.6 Å². The minimum atomic E-state index is -0.436. The van der Waals surface area contributed by atoms with Gasteiger partial charge in [-0.25, -0.2) is 9.99 Å². The molecular formula is C17H29N5O3. The van der Waals surface area contributed by atoms with Crippen LogP contribution in [0.25, 0.3) is 0 Å². The summed E-state index contributed by atoms with van der Waals surface area (Å²) >= 11 is 0. The third-order valence-electron chi connectivity index (χ3n) is 3.64. The number of ether oxygens (including phenoxy) is 1. The quantitative estimate of drug-likeness (QED) is 0.433. The summed E-state index contributed by atoms with van der Waals surface area (Å²) in [6, 6.07) is -0.436. The molecule has 8 nitrogen and oxygen atoms in total. The first-order valence-electron chi connectivity index (χ1n) is 8.74. The van der Waals surface area contributed by atoms with Crippen LogP contribution in [0.2, 0.25) is 0 Å². The molecule has 0 aromatic carbocycles. The van der Waals surface area contributed by atoms with Crippen LogP contribution in [0.4, 0.5) is 0 Å². The van der Waals surface area contributed by atoms with Crippen molar-refractivity contribution < 1.29 is 14.3 Å². The number of nitrogens with one attached hydrogen (secondary N) is 2. The van der Waals surface area contributed by atoms with Crippen LogP contribution in [0.3, 0.4) is 0 Å². The van der Waals surface area contributed by atoms with E-state index in [0.717, 1.165) is 19.3 Å². The van der Waals surface area contributed by atoms with E-state index in [-0.39, 0.29) is 17.5 Å². The number of aromatic nitrogens is 2. The topological polar surface area (TPSA) is 96.5 Å². The fraction of sp³-hybridized carbons (Fsp3) is 0.647. The molecule has 0 saturated heterocycles. The summed E-state index contributed by atoms with van der Waals surface area (Å²) < 4.78 is 4.97. The highest BCUT2D eigenvalue weighted by atomic mass is 16.5. The van der Waals surface area contributed by atoms with E-state index in [1.165, 1.54) is 18.6 Å². The second kappa shape index (κ2) is 12.3. The number of hydrazine groups is 1. The Bertz CT molecular complexity index is 512. The van der Waals surface area contributed by atoms with E-state index in [2.05, 4.69) is 27.6 Å². The smallest absolute Gasteiger partial charge is 0.285 e. The largest absolute Gasteiger partial charge is 0.383 e. The summed E-state index contributed by atoms with van der Waals surface area (Å²) in [7, 11) is 1.59. The first-order valence-corrected chi connectivity index (χ1v) is 8.74. The monoisotopic (exact) mass is 351 g/mol. The van der Waals surface area contributed by atoms with Crippen LogP contribution in [-0.2, 0) is 9.53 Å². The molecule has 0 aliphatic rings. The molecule has 2 amide bonds. The molecule has 1 aromatic heterocycles. The van der Waals surface area contributed by atoms with Crippen molar-refractivity contribution in [1.29, 1.82) is 0 Å². The molecule has 1 rings (SSSR count). The molecule has 0 aliphatic heterocycles. The summed E-state index contributed by atoms with van der Waals surface area (Å²) in [5.41, 5.74) is 3.05. The van der Waals surface area contributed by atoms with Gasteiger partial charge < -0.3 is 10.1 Å². The normalized spacial score (nSPS) is 12.0. The zero-order valence-corrected chi connectivity index (χ0v) is 15.3. The molecule has 1 heterocycles. The van der Waals surface area contributed by atoms with Crippen LogP contribution < -0.4 is 10.7 Å². The van der Waals surface area contributed by atoms with E-state index < -0.39 is 6.04 Å². The van der Waals surface area contributed by atoms with Crippen molar-refractivity contribution in [2.75, 3.05) is 26.8 Å². The highest BCUT2D eigenvalue weighted by molar-refractivity contribution is 5.92. The maximum Gasteiger partial charge on any atom is 0.285 e. The Morgan fingerprint density at radius 2 is 2.08 bits per heavy atom. The van der Waals surface area contributed by atoms with Crippen LogP contribution in [0.15, 0.2) is 18.6 Å². The number of carbonyl (C=O) groups excluding carboxylic acids is 2. The number of hydrogen-bond acceptors (Lipinski definition) is 6. The van der Waals surface area contributed by atoms with Crippen molar-refractivity contribution in [3.05, 3.63) is 24.3 Å². The van der Waals surface area contributed by atoms with Crippen LogP contribution >= 0.6 is 0 Å². The van der Waals surface area contributed by atoms with E-state index in [0.29, 0.717) is 26.1 Å². The lowest BCUT2D eigenvalue weighted by atomic mass is 10.1. The molecule has 0 unspecified atom stereocenters. The first kappa shape index (κ1) is 21.0. The third-order valence-corrected chi connectivity index (χ3v) is 3.64. The van der Waals surface area contributed by atoms with Crippen LogP contribution in [0.1, 0.15) is 50.0 Å². The predicted octanol–water partition coefficient (Wildman–Crippen LogP) is 1.15. The molecule has 0 aliphatic carbocycles. The molecule has 1 aromatic rings. The number of hydrogen-bond donors (Lipinski definition) is 2. The summed E-state index contributed by atoms with van der Waals surface area (Å²) in [6.45, 7) is 5.56. The molecule has 0 fully saturated rings. The van der Waals surface area contributed by atoms with Crippen molar-refractivity contribution in [3.8, 4) is 0 Å². The molecule has 1 atom stereocenters. The number of carbonyl (C=O) groups is 2. The van der Waals surface area contributed by atoms with Gasteiger partial charge in [-0.1, -0.05) is 26.7 Å². The molecular weight excluding hydrogens is 322 g/mol. The van der Waals surface area contributed by atoms with Gasteiger partial charge in [-0.05, 0) is 12.8 Å². The highest BCUT2D eigenvalue weighted by Gasteiger charge is 2.26. The van der Waals surface area contributed by atoms with E-state index in [4.69, 9.17) is 4.74 Å². The average molecular weight is 351 g/mol. The molecule has 0 spiro atoms. The average Bonchev–Trinajstić information content (AvgIpc) is 2.64. The Kier molecular flexibility index (Phi) is 10.3. The summed E-state index contributed by atoms with van der Waals surface area (Å²) in [5, 5.41) is 4.57. The zero-order valence-electron chi connectivity index (χ0n) is 15.3. The predicted molar refractivity (Wildman–Crippen MR) is 94.7 cm³/mol. The lowest BCUT2D eigenvalue weighted by molar-refractivity contribution is -0.128. The highest BCUT2D eigenvalue weighted by Crippen LogP contribution is 2.08. The summed E-state index contributed by atoms with van der Waals surface area (Å²) in [6.07, 6.45) is 7.67. The number of methoxy groups -OCH3 is 1. The molecule has 2 N–H and O–H groups in total. The SMILES string of the molecule is CCCCN(NC(=O)c1cnccn1)[C@H](CCC)C(=O)NCCOC. The zero-order chi connectivity index (χ0) is 18.5. The Morgan fingerprint density at radius 3 is 2.68 bits per heavy atom. The van der Waals surface area contributed by atoms with E-state index in [1.54, 1.807) is 12.1 Å². The van der Waals surface area contributed by atoms with Gasteiger partial charge in [0.1, 0.15) is 11.7 Å². The Hall–Kier alpha value is -2.06. The van der Waals surface area contributed by atoms with Crippen molar-refractivity contribution in [2.45, 2.75) is 45.6 Å². The summed E-state index contributed by atoms with van der Waals surface area (Å²) in [4.78, 5) is 32.9. The Balaban J connectivity index is 2.83. The van der Waals surface area contributed by atoms with Gasteiger partial charge in [0.25, 0.3) is 5.91 Å². The summed E-state index contributed by atoms with van der Waals surface area (Å²) in [5.74, 6) is -0.482. The number of unbranched alkanes of at least 4 members (excludes halogenated alkanes) is 1. The number of rotatable bonds is 12. The maximum atomic E-state index is 12.5. The second-order valence-corrected chi connectivity index (χ2v) is 5.67. The fourth-order valence-corrected chi connectivity index (χ4v) is 2.32. The van der Waals surface area contributed by atoms with Crippen LogP contribution in [0, 0.1) is 0 Å². The van der Waals surface area contributed by atoms with E-state index in [1.807, 2.05) is 6.92 Å². The fourth-order valence-electron chi connectivity index (χ4n) is 2.32. The Morgan fingerprint density at radius 1 is 1.28 bits per heavy atom. The van der Waals surface area contributed by atoms with Gasteiger partial charge in [-0.15, -0.1) is 0 Å². The lowest BCUT2D eigenvalue weighted by Crippen LogP contribution is -2.55. The first-order chi connectivity index (χ1) is 12.1. The molecule has 25 heavy (non-hydrogen) atoms. The Labute approximate surface area is 149 Å². The van der Waals surface area contributed by atoms with Crippen molar-refractivity contribution in [2.24, 2.45) is 0 Å². The van der Waals surface area contributed by atoms with E-state index in [9.17, 15) is 9.59 Å². The third kappa shape index (κ3) is 7.57. The van der Waals surface area contributed by atoms with Crippen molar-refractivity contribution in [3.63, 3.8) is 0 Å². The van der Waals surface area contributed by atoms with Gasteiger partial charge in [-0.2, -0.15) is 0 Å². The standard InChI is InChI=1S/C17H29N5O3/c1-4-6-11-22(21-16(23)14-13-18-8-9-19-14)15(7-5-2)17(24)20-10-12-25-3/h8-9,13,15H,4-7,10-12H2,1-3H3,(H,20,24)(H,21,23)/t15-/m1/s1. The van der Waals surface area contributed by atoms with E-state index >= 15 is 0 Å². The van der Waals surface area contributed by atoms with Crippen LogP contribution in [0.5, 0.6) is 0 Å². The number of amides is 2. The molecule has 0 radical (unpaired) electrons. The van der Waals surface area contributed by atoms with Crippen molar-refractivity contribution >= 4 is 11.8 Å². The van der Waals surface area contributed by atoms with Crippen molar-refractivity contribution in [1.82, 2.24) is 25.7 Å².